The first-order chi connectivity index (χ1) is 9.63. The first-order valence-corrected chi connectivity index (χ1v) is 7.67. The van der Waals surface area contributed by atoms with Gasteiger partial charge in [0.25, 0.3) is 0 Å². The molecule has 2 rings (SSSR count). The van der Waals surface area contributed by atoms with Gasteiger partial charge in [-0.3, -0.25) is 4.90 Å². The van der Waals surface area contributed by atoms with Crippen LogP contribution in [-0.2, 0) is 6.54 Å². The average Bonchev–Trinajstić information content (AvgIpc) is 2.47. The monoisotopic (exact) mass is 276 g/mol. The maximum absolute atomic E-state index is 5.97. The second-order valence-electron chi connectivity index (χ2n) is 6.25. The van der Waals surface area contributed by atoms with Crippen LogP contribution in [0.3, 0.4) is 0 Å². The van der Waals surface area contributed by atoms with Crippen LogP contribution in [0.15, 0.2) is 24.3 Å². The van der Waals surface area contributed by atoms with E-state index in [4.69, 9.17) is 10.5 Å². The molecule has 0 bridgehead atoms. The molecule has 1 fully saturated rings. The molecule has 0 spiro atoms. The summed E-state index contributed by atoms with van der Waals surface area (Å²) >= 11 is 0. The molecule has 0 aromatic heterocycles. The smallest absolute Gasteiger partial charge is 0.119 e. The van der Waals surface area contributed by atoms with Gasteiger partial charge >= 0.3 is 0 Å². The van der Waals surface area contributed by atoms with E-state index in [-0.39, 0.29) is 0 Å². The Morgan fingerprint density at radius 3 is 2.85 bits per heavy atom. The van der Waals surface area contributed by atoms with Crippen molar-refractivity contribution in [3.63, 3.8) is 0 Å². The predicted octanol–water partition coefficient (Wildman–Crippen LogP) is 2.89. The van der Waals surface area contributed by atoms with Gasteiger partial charge in [-0.15, -0.1) is 0 Å². The van der Waals surface area contributed by atoms with Crippen molar-refractivity contribution < 1.29 is 4.74 Å². The van der Waals surface area contributed by atoms with Gasteiger partial charge in [-0.2, -0.15) is 0 Å². The zero-order valence-electron chi connectivity index (χ0n) is 13.0. The Labute approximate surface area is 123 Å². The third-order valence-electron chi connectivity index (χ3n) is 4.65. The Kier molecular flexibility index (Phi) is 5.44. The summed E-state index contributed by atoms with van der Waals surface area (Å²) in [5, 5.41) is 0. The Balaban J connectivity index is 2.03. The van der Waals surface area contributed by atoms with E-state index < -0.39 is 0 Å². The van der Waals surface area contributed by atoms with Crippen molar-refractivity contribution in [3.8, 4) is 5.75 Å². The highest BCUT2D eigenvalue weighted by atomic mass is 16.5. The summed E-state index contributed by atoms with van der Waals surface area (Å²) in [6.45, 7) is 4.13. The summed E-state index contributed by atoms with van der Waals surface area (Å²) in [5.41, 5.74) is 7.28. The number of nitrogens with zero attached hydrogens (tertiary/aromatic N) is 1. The van der Waals surface area contributed by atoms with Crippen LogP contribution in [-0.4, -0.2) is 31.6 Å². The van der Waals surface area contributed by atoms with Gasteiger partial charge in [0.1, 0.15) is 5.75 Å². The Hall–Kier alpha value is -1.06. The van der Waals surface area contributed by atoms with Crippen molar-refractivity contribution in [1.82, 2.24) is 4.90 Å². The summed E-state index contributed by atoms with van der Waals surface area (Å²) in [4.78, 5) is 2.47. The minimum Gasteiger partial charge on any atom is -0.497 e. The molecular weight excluding hydrogens is 248 g/mol. The molecule has 0 heterocycles. The van der Waals surface area contributed by atoms with E-state index in [9.17, 15) is 0 Å². The van der Waals surface area contributed by atoms with Gasteiger partial charge in [0.05, 0.1) is 7.11 Å². The first kappa shape index (κ1) is 15.3. The van der Waals surface area contributed by atoms with E-state index in [1.165, 1.54) is 24.8 Å². The summed E-state index contributed by atoms with van der Waals surface area (Å²) in [6.07, 6.45) is 3.86. The number of methoxy groups -OCH3 is 1. The molecule has 3 atom stereocenters. The van der Waals surface area contributed by atoms with Gasteiger partial charge in [-0.25, -0.2) is 0 Å². The van der Waals surface area contributed by atoms with E-state index in [0.717, 1.165) is 24.8 Å². The van der Waals surface area contributed by atoms with Crippen molar-refractivity contribution in [2.45, 2.75) is 38.8 Å². The minimum absolute atomic E-state index is 0.606. The molecule has 1 aliphatic carbocycles. The highest BCUT2D eigenvalue weighted by Crippen LogP contribution is 2.32. The third kappa shape index (κ3) is 3.74. The van der Waals surface area contributed by atoms with E-state index in [1.54, 1.807) is 7.11 Å². The molecule has 1 saturated carbocycles. The largest absolute Gasteiger partial charge is 0.497 e. The first-order valence-electron chi connectivity index (χ1n) is 7.67. The molecule has 3 heteroatoms. The molecule has 20 heavy (non-hydrogen) atoms. The number of rotatable bonds is 5. The molecular formula is C17H28N2O. The highest BCUT2D eigenvalue weighted by molar-refractivity contribution is 5.28. The van der Waals surface area contributed by atoms with Crippen LogP contribution < -0.4 is 10.5 Å². The van der Waals surface area contributed by atoms with Gasteiger partial charge in [0.2, 0.25) is 0 Å². The molecule has 0 radical (unpaired) electrons. The average molecular weight is 276 g/mol. The molecule has 0 amide bonds. The fourth-order valence-electron chi connectivity index (χ4n) is 3.40. The van der Waals surface area contributed by atoms with Crippen LogP contribution in [0.25, 0.3) is 0 Å². The molecule has 1 aliphatic rings. The van der Waals surface area contributed by atoms with Crippen LogP contribution in [0.5, 0.6) is 5.75 Å². The minimum atomic E-state index is 0.606. The summed E-state index contributed by atoms with van der Waals surface area (Å²) in [7, 11) is 3.95. The molecule has 0 aliphatic heterocycles. The van der Waals surface area contributed by atoms with Gasteiger partial charge in [-0.05, 0) is 56.0 Å². The van der Waals surface area contributed by atoms with E-state index in [2.05, 4.69) is 37.1 Å². The van der Waals surface area contributed by atoms with E-state index >= 15 is 0 Å². The summed E-state index contributed by atoms with van der Waals surface area (Å²) in [5.74, 6) is 2.39. The number of hydrogen-bond donors (Lipinski definition) is 1. The van der Waals surface area contributed by atoms with Crippen LogP contribution >= 0.6 is 0 Å². The number of hydrogen-bond acceptors (Lipinski definition) is 3. The molecule has 2 N–H and O–H groups in total. The topological polar surface area (TPSA) is 38.5 Å². The maximum Gasteiger partial charge on any atom is 0.119 e. The van der Waals surface area contributed by atoms with Crippen molar-refractivity contribution in [1.29, 1.82) is 0 Å². The van der Waals surface area contributed by atoms with E-state index in [0.29, 0.717) is 12.0 Å². The zero-order chi connectivity index (χ0) is 14.5. The molecule has 1 aromatic rings. The lowest BCUT2D eigenvalue weighted by atomic mass is 9.78. The van der Waals surface area contributed by atoms with E-state index in [1.807, 2.05) is 6.07 Å². The van der Waals surface area contributed by atoms with Crippen LogP contribution in [0.4, 0.5) is 0 Å². The standard InChI is InChI=1S/C17H28N2O/c1-13-7-8-15(11-18)17(9-13)19(2)12-14-5-4-6-16(10-14)20-3/h4-6,10,13,15,17H,7-9,11-12,18H2,1-3H3. The SMILES string of the molecule is COc1cccc(CN(C)C2CC(C)CCC2CN)c1. The molecule has 3 nitrogen and oxygen atoms in total. The van der Waals surface area contributed by atoms with Crippen molar-refractivity contribution >= 4 is 0 Å². The lowest BCUT2D eigenvalue weighted by Gasteiger charge is -2.40. The van der Waals surface area contributed by atoms with Crippen molar-refractivity contribution in [2.75, 3.05) is 20.7 Å². The Bertz CT molecular complexity index is 421. The summed E-state index contributed by atoms with van der Waals surface area (Å²) < 4.78 is 5.30. The number of nitrogens with two attached hydrogens (primary N) is 1. The van der Waals surface area contributed by atoms with Gasteiger partial charge in [0.15, 0.2) is 0 Å². The van der Waals surface area contributed by atoms with Crippen LogP contribution in [0, 0.1) is 11.8 Å². The number of ether oxygens (including phenoxy) is 1. The van der Waals surface area contributed by atoms with Gasteiger partial charge in [-0.1, -0.05) is 25.5 Å². The third-order valence-corrected chi connectivity index (χ3v) is 4.65. The lowest BCUT2D eigenvalue weighted by molar-refractivity contribution is 0.103. The quantitative estimate of drug-likeness (QED) is 0.898. The zero-order valence-corrected chi connectivity index (χ0v) is 13.0. The van der Waals surface area contributed by atoms with Crippen LogP contribution in [0.2, 0.25) is 0 Å². The molecule has 0 saturated heterocycles. The Morgan fingerprint density at radius 1 is 1.35 bits per heavy atom. The predicted molar refractivity (Wildman–Crippen MR) is 83.8 cm³/mol. The molecule has 3 unspecified atom stereocenters. The van der Waals surface area contributed by atoms with Crippen molar-refractivity contribution in [3.05, 3.63) is 29.8 Å². The number of benzene rings is 1. The molecule has 1 aromatic carbocycles. The highest BCUT2D eigenvalue weighted by Gasteiger charge is 2.30. The van der Waals surface area contributed by atoms with Crippen molar-refractivity contribution in [2.24, 2.45) is 17.6 Å². The second kappa shape index (κ2) is 7.09. The van der Waals surface area contributed by atoms with Crippen LogP contribution in [0.1, 0.15) is 31.7 Å². The molecule has 112 valence electrons. The maximum atomic E-state index is 5.97. The van der Waals surface area contributed by atoms with Gasteiger partial charge in [0, 0.05) is 12.6 Å². The van der Waals surface area contributed by atoms with Gasteiger partial charge < -0.3 is 10.5 Å². The fourth-order valence-corrected chi connectivity index (χ4v) is 3.40. The lowest BCUT2D eigenvalue weighted by Crippen LogP contribution is -2.44. The normalized spacial score (nSPS) is 26.8. The second-order valence-corrected chi connectivity index (χ2v) is 6.25. The fraction of sp³-hybridized carbons (Fsp3) is 0.647. The summed E-state index contributed by atoms with van der Waals surface area (Å²) in [6, 6.07) is 8.96. The Morgan fingerprint density at radius 2 is 2.15 bits per heavy atom.